The fraction of sp³-hybridized carbons (Fsp3) is 0.786. The maximum Gasteiger partial charge on any atom is 0.411 e. The quantitative estimate of drug-likeness (QED) is 0.473. The Bertz CT molecular complexity index is 1120. The summed E-state index contributed by atoms with van der Waals surface area (Å²) in [5.74, 6) is -0.0365. The first kappa shape index (κ1) is 27.9. The lowest BCUT2D eigenvalue weighted by atomic mass is 9.97. The number of likely N-dealkylation sites (tertiary alicyclic amines) is 1. The molecule has 3 aliphatic heterocycles. The van der Waals surface area contributed by atoms with Crippen LogP contribution in [0, 0.1) is 12.3 Å². The number of hydrogen-bond donors (Lipinski definition) is 0. The summed E-state index contributed by atoms with van der Waals surface area (Å²) in [7, 11) is 1.35. The van der Waals surface area contributed by atoms with Crippen LogP contribution in [0.4, 0.5) is 15.0 Å². The van der Waals surface area contributed by atoms with Crippen LogP contribution in [-0.2, 0) is 9.47 Å². The number of alkyl halides is 1. The molecule has 2 bridgehead atoms. The number of hydrogen-bond acceptors (Lipinski definition) is 9. The molecule has 1 aliphatic carbocycles. The van der Waals surface area contributed by atoms with Crippen molar-refractivity contribution in [2.24, 2.45) is 5.41 Å². The zero-order valence-corrected chi connectivity index (χ0v) is 24.1. The van der Waals surface area contributed by atoms with Crippen molar-refractivity contribution >= 4 is 17.9 Å². The SMILES string of the molecule is COC(=O)c1c(C)nc(OCC2(CN3CC[C@@H](F)C3)CC2)nc1N1C[C@H]2CCC(C)(C1)N2C(=O)OC(C)(C)C. The molecule has 39 heavy (non-hydrogen) atoms. The van der Waals surface area contributed by atoms with Crippen molar-refractivity contribution in [2.75, 3.05) is 51.3 Å². The van der Waals surface area contributed by atoms with Crippen LogP contribution < -0.4 is 9.64 Å². The Morgan fingerprint density at radius 1 is 1.13 bits per heavy atom. The van der Waals surface area contributed by atoms with Gasteiger partial charge in [-0.2, -0.15) is 9.97 Å². The van der Waals surface area contributed by atoms with Crippen LogP contribution in [0.2, 0.25) is 0 Å². The highest BCUT2D eigenvalue weighted by atomic mass is 19.1. The van der Waals surface area contributed by atoms with Crippen LogP contribution in [0.5, 0.6) is 6.01 Å². The molecule has 1 saturated carbocycles. The smallest absolute Gasteiger partial charge is 0.411 e. The summed E-state index contributed by atoms with van der Waals surface area (Å²) in [6.45, 7) is 13.0. The van der Waals surface area contributed by atoms with Crippen molar-refractivity contribution in [3.63, 3.8) is 0 Å². The number of halogens is 1. The van der Waals surface area contributed by atoms with Gasteiger partial charge < -0.3 is 19.1 Å². The molecule has 1 aromatic rings. The summed E-state index contributed by atoms with van der Waals surface area (Å²) in [5.41, 5.74) is -0.266. The average molecular weight is 548 g/mol. The molecule has 11 heteroatoms. The van der Waals surface area contributed by atoms with Crippen molar-refractivity contribution in [3.05, 3.63) is 11.3 Å². The molecule has 3 atom stereocenters. The van der Waals surface area contributed by atoms with Crippen LogP contribution in [0.15, 0.2) is 0 Å². The Kier molecular flexibility index (Phi) is 7.18. The van der Waals surface area contributed by atoms with Gasteiger partial charge in [0.25, 0.3) is 0 Å². The van der Waals surface area contributed by atoms with E-state index in [0.29, 0.717) is 49.7 Å². The number of anilines is 1. The van der Waals surface area contributed by atoms with Gasteiger partial charge in [0.05, 0.1) is 31.0 Å². The zero-order valence-electron chi connectivity index (χ0n) is 24.1. The second kappa shape index (κ2) is 10.1. The maximum absolute atomic E-state index is 13.7. The second-order valence-corrected chi connectivity index (χ2v) is 13.1. The Labute approximate surface area is 230 Å². The first-order valence-corrected chi connectivity index (χ1v) is 14.0. The predicted octanol–water partition coefficient (Wildman–Crippen LogP) is 3.75. The minimum atomic E-state index is -0.742. The summed E-state index contributed by atoms with van der Waals surface area (Å²) in [6, 6.07) is 0.150. The highest BCUT2D eigenvalue weighted by molar-refractivity contribution is 5.96. The molecule has 0 N–H and O–H groups in total. The molecule has 4 aliphatic rings. The Morgan fingerprint density at radius 2 is 1.87 bits per heavy atom. The number of carbonyl (C=O) groups excluding carboxylic acids is 2. The lowest BCUT2D eigenvalue weighted by Crippen LogP contribution is -2.63. The number of amides is 1. The van der Waals surface area contributed by atoms with Gasteiger partial charge in [-0.1, -0.05) is 0 Å². The lowest BCUT2D eigenvalue weighted by molar-refractivity contribution is -0.00292. The fourth-order valence-corrected chi connectivity index (χ4v) is 6.38. The van der Waals surface area contributed by atoms with Crippen molar-refractivity contribution in [3.8, 4) is 6.01 Å². The van der Waals surface area contributed by atoms with Gasteiger partial charge in [-0.05, 0) is 66.7 Å². The van der Waals surface area contributed by atoms with E-state index in [1.165, 1.54) is 7.11 Å². The molecule has 4 heterocycles. The summed E-state index contributed by atoms with van der Waals surface area (Å²) in [6.07, 6.45) is 3.26. The average Bonchev–Trinajstić information content (AvgIpc) is 3.43. The standard InChI is InChI=1S/C28H42FN5O5/c1-18-21(23(35)37-6)22(31-24(30-18)38-17-28(10-11-28)16-32-12-8-19(29)13-32)33-14-20-7-9-27(5,15-33)34(20)25(36)39-26(2,3)4/h19-20H,7-17H2,1-6H3/t19-,20-,27?/m1/s1. The van der Waals surface area contributed by atoms with E-state index in [1.807, 2.05) is 25.7 Å². The normalized spacial score (nSPS) is 28.0. The van der Waals surface area contributed by atoms with Crippen molar-refractivity contribution in [1.82, 2.24) is 19.8 Å². The summed E-state index contributed by atoms with van der Waals surface area (Å²) >= 11 is 0. The van der Waals surface area contributed by atoms with E-state index >= 15 is 0 Å². The molecular formula is C28H42FN5O5. The van der Waals surface area contributed by atoms with Crippen LogP contribution >= 0.6 is 0 Å². The van der Waals surface area contributed by atoms with Crippen molar-refractivity contribution in [2.45, 2.75) is 90.1 Å². The van der Waals surface area contributed by atoms with Crippen LogP contribution in [0.1, 0.15) is 75.9 Å². The monoisotopic (exact) mass is 547 g/mol. The number of aromatic nitrogens is 2. The number of carbonyl (C=O) groups is 2. The van der Waals surface area contributed by atoms with E-state index in [2.05, 4.69) is 21.7 Å². The van der Waals surface area contributed by atoms with E-state index < -0.39 is 23.3 Å². The zero-order chi connectivity index (χ0) is 28.2. The Balaban J connectivity index is 1.36. The van der Waals surface area contributed by atoms with Gasteiger partial charge in [0.2, 0.25) is 0 Å². The van der Waals surface area contributed by atoms with Gasteiger partial charge in [-0.15, -0.1) is 0 Å². The van der Waals surface area contributed by atoms with Crippen molar-refractivity contribution in [1.29, 1.82) is 0 Å². The number of esters is 1. The molecule has 3 saturated heterocycles. The third-order valence-electron chi connectivity index (χ3n) is 8.49. The van der Waals surface area contributed by atoms with Gasteiger partial charge in [0.15, 0.2) is 5.82 Å². The second-order valence-electron chi connectivity index (χ2n) is 13.1. The number of aryl methyl sites for hydroxylation is 1. The first-order valence-electron chi connectivity index (χ1n) is 14.0. The van der Waals surface area contributed by atoms with Gasteiger partial charge in [-0.3, -0.25) is 9.80 Å². The molecule has 1 aromatic heterocycles. The minimum Gasteiger partial charge on any atom is -0.465 e. The number of piperazine rings is 1. The fourth-order valence-electron chi connectivity index (χ4n) is 6.38. The van der Waals surface area contributed by atoms with Gasteiger partial charge >= 0.3 is 18.1 Å². The van der Waals surface area contributed by atoms with Gasteiger partial charge in [0.1, 0.15) is 17.3 Å². The Morgan fingerprint density at radius 3 is 2.46 bits per heavy atom. The van der Waals surface area contributed by atoms with E-state index in [0.717, 1.165) is 38.8 Å². The molecule has 0 spiro atoms. The molecular weight excluding hydrogens is 505 g/mol. The van der Waals surface area contributed by atoms with E-state index in [-0.39, 0.29) is 23.6 Å². The third kappa shape index (κ3) is 5.78. The third-order valence-corrected chi connectivity index (χ3v) is 8.49. The van der Waals surface area contributed by atoms with Crippen LogP contribution in [-0.4, -0.2) is 102 Å². The van der Waals surface area contributed by atoms with E-state index in [1.54, 1.807) is 6.92 Å². The molecule has 216 valence electrons. The van der Waals surface area contributed by atoms with E-state index in [9.17, 15) is 14.0 Å². The molecule has 1 unspecified atom stereocenters. The largest absolute Gasteiger partial charge is 0.465 e. The first-order chi connectivity index (χ1) is 18.3. The summed E-state index contributed by atoms with van der Waals surface area (Å²) in [4.78, 5) is 41.3. The predicted molar refractivity (Wildman–Crippen MR) is 143 cm³/mol. The topological polar surface area (TPSA) is 97.3 Å². The van der Waals surface area contributed by atoms with Crippen molar-refractivity contribution < 1.29 is 28.2 Å². The number of ether oxygens (including phenoxy) is 3. The molecule has 4 fully saturated rings. The highest BCUT2D eigenvalue weighted by Gasteiger charge is 2.53. The van der Waals surface area contributed by atoms with Gasteiger partial charge in [0, 0.05) is 38.1 Å². The number of nitrogens with zero attached hydrogens (tertiary/aromatic N) is 5. The highest BCUT2D eigenvalue weighted by Crippen LogP contribution is 2.47. The molecule has 5 rings (SSSR count). The molecule has 0 aromatic carbocycles. The molecule has 0 radical (unpaired) electrons. The van der Waals surface area contributed by atoms with E-state index in [4.69, 9.17) is 19.2 Å². The van der Waals surface area contributed by atoms with Gasteiger partial charge in [-0.25, -0.2) is 14.0 Å². The number of fused-ring (bicyclic) bond motifs is 2. The lowest BCUT2D eigenvalue weighted by Gasteiger charge is -2.47. The van der Waals surface area contributed by atoms with Crippen LogP contribution in [0.3, 0.4) is 0 Å². The summed E-state index contributed by atoms with van der Waals surface area (Å²) in [5, 5.41) is 0. The van der Waals surface area contributed by atoms with Crippen LogP contribution in [0.25, 0.3) is 0 Å². The number of methoxy groups -OCH3 is 1. The molecule has 10 nitrogen and oxygen atoms in total. The number of rotatable bonds is 7. The summed E-state index contributed by atoms with van der Waals surface area (Å²) < 4.78 is 30.7. The maximum atomic E-state index is 13.7. The molecule has 1 amide bonds. The Hall–Kier alpha value is -2.69. The minimum absolute atomic E-state index is 0.00582.